The SMILES string of the molecule is CN(CC(=O)NC(C)(C)C)C(=O)COC(=O)c1cc(Cl)cc(Cl)c1N. The fraction of sp³-hybridized carbons (Fsp3) is 0.438. The van der Waals surface area contributed by atoms with Crippen LogP contribution in [-0.4, -0.2) is 48.4 Å². The maximum atomic E-state index is 12.0. The third-order valence-electron chi connectivity index (χ3n) is 2.96. The van der Waals surface area contributed by atoms with Crippen molar-refractivity contribution in [3.05, 3.63) is 27.7 Å². The van der Waals surface area contributed by atoms with E-state index in [9.17, 15) is 14.4 Å². The molecule has 0 aliphatic carbocycles. The molecule has 138 valence electrons. The molecule has 0 atom stereocenters. The van der Waals surface area contributed by atoms with E-state index in [1.807, 2.05) is 20.8 Å². The van der Waals surface area contributed by atoms with Gasteiger partial charge in [-0.3, -0.25) is 9.59 Å². The van der Waals surface area contributed by atoms with Crippen LogP contribution >= 0.6 is 23.2 Å². The molecular formula is C16H21Cl2N3O4. The Kier molecular flexibility index (Phi) is 7.07. The molecule has 0 bridgehead atoms. The smallest absolute Gasteiger partial charge is 0.340 e. The Bertz CT molecular complexity index is 687. The van der Waals surface area contributed by atoms with Gasteiger partial charge in [-0.25, -0.2) is 4.79 Å². The first-order valence-electron chi connectivity index (χ1n) is 7.37. The second-order valence-electron chi connectivity index (χ2n) is 6.47. The number of carbonyl (C=O) groups is 3. The quantitative estimate of drug-likeness (QED) is 0.592. The normalized spacial score (nSPS) is 11.0. The summed E-state index contributed by atoms with van der Waals surface area (Å²) in [6.07, 6.45) is 0. The topological polar surface area (TPSA) is 102 Å². The van der Waals surface area contributed by atoms with Crippen molar-refractivity contribution in [2.45, 2.75) is 26.3 Å². The highest BCUT2D eigenvalue weighted by molar-refractivity contribution is 6.37. The Morgan fingerprint density at radius 3 is 2.40 bits per heavy atom. The van der Waals surface area contributed by atoms with Crippen molar-refractivity contribution >= 4 is 46.7 Å². The monoisotopic (exact) mass is 389 g/mol. The molecule has 0 saturated heterocycles. The van der Waals surface area contributed by atoms with E-state index in [1.54, 1.807) is 0 Å². The molecule has 0 fully saturated rings. The summed E-state index contributed by atoms with van der Waals surface area (Å²) in [6, 6.07) is 2.69. The van der Waals surface area contributed by atoms with Crippen LogP contribution in [0.25, 0.3) is 0 Å². The Morgan fingerprint density at radius 1 is 1.24 bits per heavy atom. The maximum absolute atomic E-state index is 12.0. The third-order valence-corrected chi connectivity index (χ3v) is 3.49. The molecule has 7 nitrogen and oxygen atoms in total. The van der Waals surface area contributed by atoms with Crippen molar-refractivity contribution in [2.75, 3.05) is 25.9 Å². The summed E-state index contributed by atoms with van der Waals surface area (Å²) in [4.78, 5) is 37.0. The van der Waals surface area contributed by atoms with Crippen LogP contribution in [0.15, 0.2) is 12.1 Å². The number of carbonyl (C=O) groups excluding carboxylic acids is 3. The number of benzene rings is 1. The lowest BCUT2D eigenvalue weighted by atomic mass is 10.1. The molecule has 2 amide bonds. The molecule has 0 spiro atoms. The molecule has 0 unspecified atom stereocenters. The summed E-state index contributed by atoms with van der Waals surface area (Å²) in [5.74, 6) is -1.69. The first kappa shape index (κ1) is 21.1. The van der Waals surface area contributed by atoms with Gasteiger partial charge in [-0.2, -0.15) is 0 Å². The molecule has 1 rings (SSSR count). The molecule has 0 radical (unpaired) electrons. The number of hydrogen-bond acceptors (Lipinski definition) is 5. The van der Waals surface area contributed by atoms with E-state index in [-0.39, 0.29) is 33.7 Å². The van der Waals surface area contributed by atoms with E-state index in [1.165, 1.54) is 19.2 Å². The van der Waals surface area contributed by atoms with E-state index in [0.29, 0.717) is 0 Å². The first-order chi connectivity index (χ1) is 11.4. The third kappa shape index (κ3) is 6.80. The number of nitrogens with one attached hydrogen (secondary N) is 1. The number of nitrogens with zero attached hydrogens (tertiary/aromatic N) is 1. The van der Waals surface area contributed by atoms with Crippen molar-refractivity contribution in [1.29, 1.82) is 0 Å². The van der Waals surface area contributed by atoms with E-state index < -0.39 is 24.0 Å². The van der Waals surface area contributed by atoms with Crippen LogP contribution in [0.4, 0.5) is 5.69 Å². The zero-order valence-corrected chi connectivity index (χ0v) is 16.0. The number of nitrogen functional groups attached to an aromatic ring is 1. The number of halogens is 2. The number of amides is 2. The summed E-state index contributed by atoms with van der Waals surface area (Å²) in [7, 11) is 1.43. The van der Waals surface area contributed by atoms with Gasteiger partial charge in [0, 0.05) is 17.6 Å². The standard InChI is InChI=1S/C16H21Cl2N3O4/c1-16(2,3)20-12(22)7-21(4)13(23)8-25-15(24)10-5-9(17)6-11(18)14(10)19/h5-6H,7-8,19H2,1-4H3,(H,20,22). The van der Waals surface area contributed by atoms with E-state index in [4.69, 9.17) is 33.7 Å². The zero-order chi connectivity index (χ0) is 19.4. The summed E-state index contributed by atoms with van der Waals surface area (Å²) in [5, 5.41) is 3.06. The minimum Gasteiger partial charge on any atom is -0.452 e. The van der Waals surface area contributed by atoms with Gasteiger partial charge in [-0.05, 0) is 32.9 Å². The van der Waals surface area contributed by atoms with Crippen LogP contribution in [-0.2, 0) is 14.3 Å². The lowest BCUT2D eigenvalue weighted by Gasteiger charge is -2.23. The molecule has 3 N–H and O–H groups in total. The second kappa shape index (κ2) is 8.40. The average Bonchev–Trinajstić information content (AvgIpc) is 2.45. The lowest BCUT2D eigenvalue weighted by Crippen LogP contribution is -2.46. The second-order valence-corrected chi connectivity index (χ2v) is 7.32. The molecule has 9 heteroatoms. The van der Waals surface area contributed by atoms with Crippen LogP contribution in [0.3, 0.4) is 0 Å². The van der Waals surface area contributed by atoms with E-state index in [2.05, 4.69) is 5.32 Å². The fourth-order valence-corrected chi connectivity index (χ4v) is 2.32. The summed E-state index contributed by atoms with van der Waals surface area (Å²) in [5.41, 5.74) is 5.28. The number of esters is 1. The largest absolute Gasteiger partial charge is 0.452 e. The highest BCUT2D eigenvalue weighted by atomic mass is 35.5. The molecule has 25 heavy (non-hydrogen) atoms. The predicted molar refractivity (Wildman–Crippen MR) is 96.7 cm³/mol. The van der Waals surface area contributed by atoms with Crippen molar-refractivity contribution in [3.8, 4) is 0 Å². The average molecular weight is 390 g/mol. The molecule has 0 saturated carbocycles. The van der Waals surface area contributed by atoms with Crippen LogP contribution in [0.5, 0.6) is 0 Å². The minimum atomic E-state index is -0.831. The number of anilines is 1. The number of ether oxygens (including phenoxy) is 1. The van der Waals surface area contributed by atoms with Crippen molar-refractivity contribution in [1.82, 2.24) is 10.2 Å². The summed E-state index contributed by atoms with van der Waals surface area (Å²) >= 11 is 11.7. The summed E-state index contributed by atoms with van der Waals surface area (Å²) in [6.45, 7) is 4.79. The number of rotatable bonds is 5. The molecule has 1 aromatic carbocycles. The highest BCUT2D eigenvalue weighted by Crippen LogP contribution is 2.28. The van der Waals surface area contributed by atoms with Crippen molar-refractivity contribution in [2.24, 2.45) is 0 Å². The Hall–Kier alpha value is -1.99. The molecule has 0 aliphatic heterocycles. The van der Waals surface area contributed by atoms with Gasteiger partial charge in [0.15, 0.2) is 6.61 Å². The van der Waals surface area contributed by atoms with Gasteiger partial charge in [-0.15, -0.1) is 0 Å². The van der Waals surface area contributed by atoms with Gasteiger partial charge in [0.1, 0.15) is 0 Å². The maximum Gasteiger partial charge on any atom is 0.340 e. The van der Waals surface area contributed by atoms with E-state index in [0.717, 1.165) is 4.90 Å². The van der Waals surface area contributed by atoms with Crippen LogP contribution < -0.4 is 11.1 Å². The van der Waals surface area contributed by atoms with Gasteiger partial charge in [0.05, 0.1) is 22.8 Å². The van der Waals surface area contributed by atoms with Crippen LogP contribution in [0.2, 0.25) is 10.0 Å². The Morgan fingerprint density at radius 2 is 1.84 bits per heavy atom. The molecular weight excluding hydrogens is 369 g/mol. The molecule has 1 aromatic rings. The van der Waals surface area contributed by atoms with Crippen LogP contribution in [0, 0.1) is 0 Å². The van der Waals surface area contributed by atoms with Crippen LogP contribution in [0.1, 0.15) is 31.1 Å². The van der Waals surface area contributed by atoms with Gasteiger partial charge in [0.2, 0.25) is 5.91 Å². The van der Waals surface area contributed by atoms with Gasteiger partial charge < -0.3 is 20.7 Å². The molecule has 0 heterocycles. The van der Waals surface area contributed by atoms with Gasteiger partial charge >= 0.3 is 5.97 Å². The van der Waals surface area contributed by atoms with Crippen molar-refractivity contribution in [3.63, 3.8) is 0 Å². The van der Waals surface area contributed by atoms with Gasteiger partial charge in [-0.1, -0.05) is 23.2 Å². The lowest BCUT2D eigenvalue weighted by molar-refractivity contribution is -0.137. The summed E-state index contributed by atoms with van der Waals surface area (Å²) < 4.78 is 4.93. The first-order valence-corrected chi connectivity index (χ1v) is 8.13. The van der Waals surface area contributed by atoms with E-state index >= 15 is 0 Å². The predicted octanol–water partition coefficient (Wildman–Crippen LogP) is 2.11. The fourth-order valence-electron chi connectivity index (χ4n) is 1.83. The Labute approximate surface area is 156 Å². The van der Waals surface area contributed by atoms with Crippen molar-refractivity contribution < 1.29 is 19.1 Å². The number of likely N-dealkylation sites (N-methyl/N-ethyl adjacent to an activating group) is 1. The zero-order valence-electron chi connectivity index (χ0n) is 14.5. The van der Waals surface area contributed by atoms with Gasteiger partial charge in [0.25, 0.3) is 5.91 Å². The highest BCUT2D eigenvalue weighted by Gasteiger charge is 2.20. The molecule has 0 aromatic heterocycles. The number of nitrogens with two attached hydrogens (primary N) is 1. The molecule has 0 aliphatic rings. The minimum absolute atomic E-state index is 0.0152. The Balaban J connectivity index is 2.61. The number of hydrogen-bond donors (Lipinski definition) is 2.